The van der Waals surface area contributed by atoms with Crippen LogP contribution in [0.25, 0.3) is 0 Å². The third kappa shape index (κ3) is 3.44. The van der Waals surface area contributed by atoms with E-state index in [-0.39, 0.29) is 0 Å². The van der Waals surface area contributed by atoms with Crippen LogP contribution in [0.5, 0.6) is 0 Å². The number of piperidine rings is 1. The highest BCUT2D eigenvalue weighted by Gasteiger charge is 2.21. The SMILES string of the molecule is CN(CCC1CCCNC1)C1CCOC1. The minimum atomic E-state index is 0.682. The highest BCUT2D eigenvalue weighted by atomic mass is 16.5. The highest BCUT2D eigenvalue weighted by Crippen LogP contribution is 2.16. The lowest BCUT2D eigenvalue weighted by Gasteiger charge is -2.27. The van der Waals surface area contributed by atoms with E-state index in [0.29, 0.717) is 6.04 Å². The zero-order valence-corrected chi connectivity index (χ0v) is 9.87. The standard InChI is InChI=1S/C12H24N2O/c1-14(12-5-8-15-10-12)7-4-11-3-2-6-13-9-11/h11-13H,2-10H2,1H3. The molecule has 0 aromatic rings. The van der Waals surface area contributed by atoms with Crippen molar-refractivity contribution >= 4 is 0 Å². The average Bonchev–Trinajstić information content (AvgIpc) is 2.81. The fraction of sp³-hybridized carbons (Fsp3) is 1.00. The monoisotopic (exact) mass is 212 g/mol. The molecule has 3 heteroatoms. The van der Waals surface area contributed by atoms with Gasteiger partial charge in [-0.05, 0) is 58.3 Å². The summed E-state index contributed by atoms with van der Waals surface area (Å²) < 4.78 is 5.42. The molecule has 0 aromatic heterocycles. The Kier molecular flexibility index (Phi) is 4.42. The zero-order chi connectivity index (χ0) is 10.5. The molecule has 3 nitrogen and oxygen atoms in total. The van der Waals surface area contributed by atoms with Crippen molar-refractivity contribution in [2.45, 2.75) is 31.7 Å². The number of nitrogens with zero attached hydrogens (tertiary/aromatic N) is 1. The van der Waals surface area contributed by atoms with Crippen molar-refractivity contribution in [3.63, 3.8) is 0 Å². The molecule has 2 aliphatic rings. The molecule has 2 heterocycles. The van der Waals surface area contributed by atoms with E-state index in [2.05, 4.69) is 17.3 Å². The van der Waals surface area contributed by atoms with Crippen LogP contribution in [0.4, 0.5) is 0 Å². The van der Waals surface area contributed by atoms with E-state index in [4.69, 9.17) is 4.74 Å². The first-order valence-corrected chi connectivity index (χ1v) is 6.35. The van der Waals surface area contributed by atoms with E-state index < -0.39 is 0 Å². The predicted molar refractivity (Wildman–Crippen MR) is 62.1 cm³/mol. The molecular formula is C12H24N2O. The van der Waals surface area contributed by atoms with Gasteiger partial charge in [-0.3, -0.25) is 0 Å². The zero-order valence-electron chi connectivity index (χ0n) is 9.87. The second-order valence-corrected chi connectivity index (χ2v) is 5.00. The van der Waals surface area contributed by atoms with Gasteiger partial charge in [0.15, 0.2) is 0 Å². The normalized spacial score (nSPS) is 32.4. The number of hydrogen-bond acceptors (Lipinski definition) is 3. The second-order valence-electron chi connectivity index (χ2n) is 5.00. The summed E-state index contributed by atoms with van der Waals surface area (Å²) in [5.41, 5.74) is 0. The lowest BCUT2D eigenvalue weighted by molar-refractivity contribution is 0.153. The quantitative estimate of drug-likeness (QED) is 0.755. The number of likely N-dealkylation sites (N-methyl/N-ethyl adjacent to an activating group) is 1. The third-order valence-corrected chi connectivity index (χ3v) is 3.82. The number of nitrogens with one attached hydrogen (secondary N) is 1. The van der Waals surface area contributed by atoms with E-state index in [1.54, 1.807) is 0 Å². The van der Waals surface area contributed by atoms with E-state index in [9.17, 15) is 0 Å². The minimum absolute atomic E-state index is 0.682. The van der Waals surface area contributed by atoms with Gasteiger partial charge in [0.2, 0.25) is 0 Å². The van der Waals surface area contributed by atoms with Gasteiger partial charge in [0.1, 0.15) is 0 Å². The molecular weight excluding hydrogens is 188 g/mol. The molecule has 0 spiro atoms. The number of ether oxygens (including phenoxy) is 1. The average molecular weight is 212 g/mol. The van der Waals surface area contributed by atoms with Crippen LogP contribution in [0.2, 0.25) is 0 Å². The first kappa shape index (κ1) is 11.4. The van der Waals surface area contributed by atoms with Crippen LogP contribution in [0.3, 0.4) is 0 Å². The van der Waals surface area contributed by atoms with Crippen LogP contribution < -0.4 is 5.32 Å². The summed E-state index contributed by atoms with van der Waals surface area (Å²) in [4.78, 5) is 2.49. The maximum absolute atomic E-state index is 5.42. The summed E-state index contributed by atoms with van der Waals surface area (Å²) in [5, 5.41) is 3.48. The summed E-state index contributed by atoms with van der Waals surface area (Å²) in [6.07, 6.45) is 5.35. The van der Waals surface area contributed by atoms with E-state index in [1.807, 2.05) is 0 Å². The molecule has 0 amide bonds. The van der Waals surface area contributed by atoms with Gasteiger partial charge in [-0.1, -0.05) is 0 Å². The molecule has 0 aliphatic carbocycles. The molecule has 2 fully saturated rings. The molecule has 0 saturated carbocycles. The first-order chi connectivity index (χ1) is 7.36. The molecule has 1 N–H and O–H groups in total. The van der Waals surface area contributed by atoms with Crippen LogP contribution in [-0.4, -0.2) is 50.8 Å². The summed E-state index contributed by atoms with van der Waals surface area (Å²) in [7, 11) is 2.25. The predicted octanol–water partition coefficient (Wildman–Crippen LogP) is 1.10. The Balaban J connectivity index is 1.63. The van der Waals surface area contributed by atoms with E-state index >= 15 is 0 Å². The van der Waals surface area contributed by atoms with E-state index in [0.717, 1.165) is 19.1 Å². The van der Waals surface area contributed by atoms with Gasteiger partial charge in [0.05, 0.1) is 6.61 Å². The van der Waals surface area contributed by atoms with Gasteiger partial charge < -0.3 is 15.0 Å². The fourth-order valence-corrected chi connectivity index (χ4v) is 2.61. The molecule has 2 saturated heterocycles. The van der Waals surface area contributed by atoms with Gasteiger partial charge in [-0.15, -0.1) is 0 Å². The lowest BCUT2D eigenvalue weighted by atomic mass is 9.96. The first-order valence-electron chi connectivity index (χ1n) is 6.35. The smallest absolute Gasteiger partial charge is 0.0622 e. The number of rotatable bonds is 4. The minimum Gasteiger partial charge on any atom is -0.380 e. The topological polar surface area (TPSA) is 24.5 Å². The summed E-state index contributed by atoms with van der Waals surface area (Å²) in [5.74, 6) is 0.906. The van der Waals surface area contributed by atoms with E-state index in [1.165, 1.54) is 45.3 Å². The Morgan fingerprint density at radius 2 is 2.33 bits per heavy atom. The maximum Gasteiger partial charge on any atom is 0.0622 e. The summed E-state index contributed by atoms with van der Waals surface area (Å²) in [6, 6.07) is 0.682. The van der Waals surface area contributed by atoms with Crippen molar-refractivity contribution in [3.8, 4) is 0 Å². The van der Waals surface area contributed by atoms with Crippen LogP contribution in [0, 0.1) is 5.92 Å². The van der Waals surface area contributed by atoms with Crippen molar-refractivity contribution in [2.24, 2.45) is 5.92 Å². The highest BCUT2D eigenvalue weighted by molar-refractivity contribution is 4.75. The van der Waals surface area contributed by atoms with Crippen molar-refractivity contribution in [2.75, 3.05) is 39.9 Å². The molecule has 15 heavy (non-hydrogen) atoms. The molecule has 2 rings (SSSR count). The van der Waals surface area contributed by atoms with Crippen LogP contribution in [0.15, 0.2) is 0 Å². The Morgan fingerprint density at radius 1 is 1.40 bits per heavy atom. The van der Waals surface area contributed by atoms with Gasteiger partial charge in [0, 0.05) is 12.6 Å². The van der Waals surface area contributed by atoms with Crippen LogP contribution in [-0.2, 0) is 4.74 Å². The molecule has 2 atom stereocenters. The number of hydrogen-bond donors (Lipinski definition) is 1. The van der Waals surface area contributed by atoms with Crippen molar-refractivity contribution in [1.82, 2.24) is 10.2 Å². The maximum atomic E-state index is 5.42. The van der Waals surface area contributed by atoms with Gasteiger partial charge in [0.25, 0.3) is 0 Å². The Morgan fingerprint density at radius 3 is 3.00 bits per heavy atom. The molecule has 2 aliphatic heterocycles. The van der Waals surface area contributed by atoms with Gasteiger partial charge in [-0.25, -0.2) is 0 Å². The van der Waals surface area contributed by atoms with Crippen molar-refractivity contribution in [3.05, 3.63) is 0 Å². The summed E-state index contributed by atoms with van der Waals surface area (Å²) in [6.45, 7) is 5.59. The second kappa shape index (κ2) is 5.83. The molecule has 2 unspecified atom stereocenters. The third-order valence-electron chi connectivity index (χ3n) is 3.82. The largest absolute Gasteiger partial charge is 0.380 e. The fourth-order valence-electron chi connectivity index (χ4n) is 2.61. The molecule has 0 bridgehead atoms. The van der Waals surface area contributed by atoms with Crippen molar-refractivity contribution < 1.29 is 4.74 Å². The molecule has 88 valence electrons. The summed E-state index contributed by atoms with van der Waals surface area (Å²) >= 11 is 0. The Hall–Kier alpha value is -0.120. The van der Waals surface area contributed by atoms with Crippen LogP contribution in [0.1, 0.15) is 25.7 Å². The van der Waals surface area contributed by atoms with Gasteiger partial charge in [-0.2, -0.15) is 0 Å². The van der Waals surface area contributed by atoms with Crippen molar-refractivity contribution in [1.29, 1.82) is 0 Å². The van der Waals surface area contributed by atoms with Gasteiger partial charge >= 0.3 is 0 Å². The lowest BCUT2D eigenvalue weighted by Crippen LogP contribution is -2.36. The Labute approximate surface area is 93.2 Å². The molecule has 0 aromatic carbocycles. The molecule has 0 radical (unpaired) electrons. The van der Waals surface area contributed by atoms with Crippen LogP contribution >= 0.6 is 0 Å². The Bertz CT molecular complexity index is 174.